The van der Waals surface area contributed by atoms with Gasteiger partial charge in [0, 0.05) is 44.6 Å². The largest absolute Gasteiger partial charge is 0.356 e. The molecule has 1 saturated carbocycles. The van der Waals surface area contributed by atoms with Gasteiger partial charge >= 0.3 is 0 Å². The molecule has 1 N–H and O–H groups in total. The SMILES string of the molecule is O=C(CCCN1CCCCC1=O)NCCC1CCCCN1C1CCCC1. The highest BCUT2D eigenvalue weighted by Gasteiger charge is 2.30. The highest BCUT2D eigenvalue weighted by Crippen LogP contribution is 2.30. The van der Waals surface area contributed by atoms with Crippen LogP contribution in [-0.4, -0.2) is 59.9 Å². The van der Waals surface area contributed by atoms with Crippen LogP contribution in [0.1, 0.15) is 83.5 Å². The molecular formula is C21H37N3O2. The van der Waals surface area contributed by atoms with E-state index in [-0.39, 0.29) is 11.8 Å². The zero-order valence-corrected chi connectivity index (χ0v) is 16.4. The third-order valence-electron chi connectivity index (χ3n) is 6.52. The van der Waals surface area contributed by atoms with Crippen LogP contribution in [0.5, 0.6) is 0 Å². The van der Waals surface area contributed by atoms with Crippen molar-refractivity contribution in [1.82, 2.24) is 15.1 Å². The van der Waals surface area contributed by atoms with Gasteiger partial charge in [-0.05, 0) is 57.9 Å². The van der Waals surface area contributed by atoms with Crippen LogP contribution in [-0.2, 0) is 9.59 Å². The summed E-state index contributed by atoms with van der Waals surface area (Å²) in [6.45, 7) is 3.67. The van der Waals surface area contributed by atoms with Crippen LogP contribution in [0.15, 0.2) is 0 Å². The number of carbonyl (C=O) groups is 2. The van der Waals surface area contributed by atoms with E-state index < -0.39 is 0 Å². The van der Waals surface area contributed by atoms with Gasteiger partial charge in [-0.1, -0.05) is 19.3 Å². The predicted molar refractivity (Wildman–Crippen MR) is 104 cm³/mol. The third-order valence-corrected chi connectivity index (χ3v) is 6.52. The Morgan fingerprint density at radius 2 is 1.77 bits per heavy atom. The first-order valence-electron chi connectivity index (χ1n) is 11.0. The van der Waals surface area contributed by atoms with Gasteiger partial charge in [-0.15, -0.1) is 0 Å². The summed E-state index contributed by atoms with van der Waals surface area (Å²) in [7, 11) is 0. The molecule has 0 aromatic heterocycles. The van der Waals surface area contributed by atoms with Crippen LogP contribution in [0.3, 0.4) is 0 Å². The second-order valence-electron chi connectivity index (χ2n) is 8.41. The molecule has 148 valence electrons. The van der Waals surface area contributed by atoms with Crippen molar-refractivity contribution in [2.75, 3.05) is 26.2 Å². The predicted octanol–water partition coefficient (Wildman–Crippen LogP) is 3.08. The van der Waals surface area contributed by atoms with Gasteiger partial charge in [-0.3, -0.25) is 14.5 Å². The molecule has 3 aliphatic rings. The van der Waals surface area contributed by atoms with Crippen LogP contribution in [0.2, 0.25) is 0 Å². The Hall–Kier alpha value is -1.10. The van der Waals surface area contributed by atoms with E-state index in [0.717, 1.165) is 51.4 Å². The molecule has 26 heavy (non-hydrogen) atoms. The number of hydrogen-bond donors (Lipinski definition) is 1. The molecule has 5 nitrogen and oxygen atoms in total. The Morgan fingerprint density at radius 3 is 2.58 bits per heavy atom. The normalized spacial score (nSPS) is 25.6. The van der Waals surface area contributed by atoms with E-state index >= 15 is 0 Å². The molecule has 2 heterocycles. The average Bonchev–Trinajstić information content (AvgIpc) is 3.18. The maximum Gasteiger partial charge on any atom is 0.222 e. The lowest BCUT2D eigenvalue weighted by Gasteiger charge is -2.40. The summed E-state index contributed by atoms with van der Waals surface area (Å²) in [5.74, 6) is 0.415. The summed E-state index contributed by atoms with van der Waals surface area (Å²) >= 11 is 0. The average molecular weight is 364 g/mol. The van der Waals surface area contributed by atoms with Crippen molar-refractivity contribution in [3.05, 3.63) is 0 Å². The number of rotatable bonds is 8. The van der Waals surface area contributed by atoms with Crippen molar-refractivity contribution in [3.8, 4) is 0 Å². The molecule has 0 aromatic carbocycles. The van der Waals surface area contributed by atoms with Crippen molar-refractivity contribution in [3.63, 3.8) is 0 Å². The van der Waals surface area contributed by atoms with Crippen molar-refractivity contribution in [2.24, 2.45) is 0 Å². The summed E-state index contributed by atoms with van der Waals surface area (Å²) in [6, 6.07) is 1.47. The molecule has 2 amide bonds. The standard InChI is InChI=1S/C21H37N3O2/c25-20(11-7-16-23-15-5-4-12-21(23)26)22-14-13-19-10-3-6-17-24(19)18-8-1-2-9-18/h18-19H,1-17H2,(H,22,25). The van der Waals surface area contributed by atoms with E-state index in [4.69, 9.17) is 0 Å². The van der Waals surface area contributed by atoms with Crippen molar-refractivity contribution in [1.29, 1.82) is 0 Å². The Kier molecular flexibility index (Phi) is 7.78. The van der Waals surface area contributed by atoms with Gasteiger partial charge in [0.25, 0.3) is 0 Å². The summed E-state index contributed by atoms with van der Waals surface area (Å²) in [4.78, 5) is 28.6. The number of amides is 2. The van der Waals surface area contributed by atoms with E-state index in [0.29, 0.717) is 18.9 Å². The lowest BCUT2D eigenvalue weighted by Crippen LogP contribution is -2.46. The molecule has 0 spiro atoms. The zero-order chi connectivity index (χ0) is 18.2. The first-order chi connectivity index (χ1) is 12.7. The number of piperidine rings is 2. The van der Waals surface area contributed by atoms with Gasteiger partial charge in [0.05, 0.1) is 0 Å². The Morgan fingerprint density at radius 1 is 1.00 bits per heavy atom. The molecule has 2 aliphatic heterocycles. The van der Waals surface area contributed by atoms with E-state index in [2.05, 4.69) is 10.2 Å². The first kappa shape index (κ1) is 19.7. The smallest absolute Gasteiger partial charge is 0.222 e. The molecule has 1 unspecified atom stereocenters. The van der Waals surface area contributed by atoms with Gasteiger partial charge in [-0.25, -0.2) is 0 Å². The van der Waals surface area contributed by atoms with Gasteiger partial charge < -0.3 is 10.2 Å². The Bertz CT molecular complexity index is 462. The van der Waals surface area contributed by atoms with E-state index in [9.17, 15) is 9.59 Å². The fourth-order valence-corrected chi connectivity index (χ4v) is 5.04. The number of likely N-dealkylation sites (tertiary alicyclic amines) is 2. The number of carbonyl (C=O) groups excluding carboxylic acids is 2. The lowest BCUT2D eigenvalue weighted by atomic mass is 9.96. The van der Waals surface area contributed by atoms with Gasteiger partial charge in [0.2, 0.25) is 11.8 Å². The molecule has 0 radical (unpaired) electrons. The van der Waals surface area contributed by atoms with Gasteiger partial charge in [0.1, 0.15) is 0 Å². The minimum Gasteiger partial charge on any atom is -0.356 e. The van der Waals surface area contributed by atoms with Crippen molar-refractivity contribution < 1.29 is 9.59 Å². The molecule has 1 atom stereocenters. The van der Waals surface area contributed by atoms with Gasteiger partial charge in [-0.2, -0.15) is 0 Å². The first-order valence-corrected chi connectivity index (χ1v) is 11.0. The molecule has 3 rings (SSSR count). The molecule has 1 aliphatic carbocycles. The minimum atomic E-state index is 0.151. The summed E-state index contributed by atoms with van der Waals surface area (Å²) < 4.78 is 0. The summed E-state index contributed by atoms with van der Waals surface area (Å²) in [5.41, 5.74) is 0. The van der Waals surface area contributed by atoms with Crippen LogP contribution in [0.4, 0.5) is 0 Å². The van der Waals surface area contributed by atoms with Crippen molar-refractivity contribution >= 4 is 11.8 Å². The third kappa shape index (κ3) is 5.70. The Labute approximate surface area is 158 Å². The molecular weight excluding hydrogens is 326 g/mol. The molecule has 0 bridgehead atoms. The number of hydrogen-bond acceptors (Lipinski definition) is 3. The molecule has 2 saturated heterocycles. The van der Waals surface area contributed by atoms with Crippen LogP contribution in [0.25, 0.3) is 0 Å². The quantitative estimate of drug-likeness (QED) is 0.721. The highest BCUT2D eigenvalue weighted by molar-refractivity contribution is 5.77. The fraction of sp³-hybridized carbons (Fsp3) is 0.905. The second kappa shape index (κ2) is 10.3. The van der Waals surface area contributed by atoms with Crippen LogP contribution < -0.4 is 5.32 Å². The topological polar surface area (TPSA) is 52.7 Å². The highest BCUT2D eigenvalue weighted by atomic mass is 16.2. The summed E-state index contributed by atoms with van der Waals surface area (Å²) in [6.07, 6.45) is 14.7. The maximum absolute atomic E-state index is 12.1. The van der Waals surface area contributed by atoms with E-state index in [1.165, 1.54) is 51.5 Å². The van der Waals surface area contributed by atoms with Crippen LogP contribution >= 0.6 is 0 Å². The van der Waals surface area contributed by atoms with E-state index in [1.54, 1.807) is 0 Å². The fourth-order valence-electron chi connectivity index (χ4n) is 5.04. The molecule has 0 aromatic rings. The molecule has 5 heteroatoms. The van der Waals surface area contributed by atoms with E-state index in [1.807, 2.05) is 4.90 Å². The second-order valence-corrected chi connectivity index (χ2v) is 8.41. The van der Waals surface area contributed by atoms with Gasteiger partial charge in [0.15, 0.2) is 0 Å². The lowest BCUT2D eigenvalue weighted by molar-refractivity contribution is -0.133. The maximum atomic E-state index is 12.1. The zero-order valence-electron chi connectivity index (χ0n) is 16.4. The van der Waals surface area contributed by atoms with Crippen LogP contribution in [0, 0.1) is 0 Å². The number of nitrogens with one attached hydrogen (secondary N) is 1. The summed E-state index contributed by atoms with van der Waals surface area (Å²) in [5, 5.41) is 3.12. The minimum absolute atomic E-state index is 0.151. The monoisotopic (exact) mass is 363 g/mol. The number of nitrogens with zero attached hydrogens (tertiary/aromatic N) is 2. The van der Waals surface area contributed by atoms with Crippen molar-refractivity contribution in [2.45, 2.75) is 95.6 Å². The molecule has 3 fully saturated rings. The Balaban J connectivity index is 1.30.